The van der Waals surface area contributed by atoms with E-state index in [0.29, 0.717) is 6.54 Å². The molecule has 0 heterocycles. The fraction of sp³-hybridized carbons (Fsp3) is 0.286. The van der Waals surface area contributed by atoms with Crippen LogP contribution in [0.25, 0.3) is 0 Å². The summed E-state index contributed by atoms with van der Waals surface area (Å²) in [6.07, 6.45) is 1.58. The Morgan fingerprint density at radius 1 is 0.974 bits per heavy atom. The van der Waals surface area contributed by atoms with Crippen LogP contribution in [-0.2, 0) is 26.2 Å². The molecule has 0 bridgehead atoms. The SMILES string of the molecule is CCCCNC(=O)[C@@H](C)N(Cc1ccccc1F)C(=O)CN(c1ccc(F)c(Cl)c1)S(=O)(=O)c1ccccc1. The average molecular weight is 578 g/mol. The van der Waals surface area contributed by atoms with Crippen molar-refractivity contribution >= 4 is 39.1 Å². The molecule has 0 unspecified atom stereocenters. The maximum absolute atomic E-state index is 14.6. The lowest BCUT2D eigenvalue weighted by molar-refractivity contribution is -0.139. The number of nitrogens with one attached hydrogen (secondary N) is 1. The first-order valence-corrected chi connectivity index (χ1v) is 14.2. The fourth-order valence-corrected chi connectivity index (χ4v) is 5.42. The summed E-state index contributed by atoms with van der Waals surface area (Å²) in [6, 6.07) is 15.5. The van der Waals surface area contributed by atoms with Gasteiger partial charge >= 0.3 is 0 Å². The van der Waals surface area contributed by atoms with E-state index in [9.17, 15) is 26.8 Å². The normalized spacial score (nSPS) is 12.0. The lowest BCUT2D eigenvalue weighted by Gasteiger charge is -2.32. The zero-order valence-corrected chi connectivity index (χ0v) is 23.2. The molecule has 0 fully saturated rings. The average Bonchev–Trinajstić information content (AvgIpc) is 2.92. The molecular weight excluding hydrogens is 548 g/mol. The van der Waals surface area contributed by atoms with Crippen LogP contribution in [0.4, 0.5) is 14.5 Å². The van der Waals surface area contributed by atoms with Crippen LogP contribution in [0.2, 0.25) is 5.02 Å². The van der Waals surface area contributed by atoms with E-state index in [-0.39, 0.29) is 27.7 Å². The number of rotatable bonds is 12. The van der Waals surface area contributed by atoms with Crippen molar-refractivity contribution in [2.24, 2.45) is 0 Å². The van der Waals surface area contributed by atoms with E-state index in [4.69, 9.17) is 11.6 Å². The summed E-state index contributed by atoms with van der Waals surface area (Å²) in [5, 5.41) is 2.42. The van der Waals surface area contributed by atoms with Crippen LogP contribution in [-0.4, -0.2) is 44.3 Å². The zero-order valence-electron chi connectivity index (χ0n) is 21.6. The van der Waals surface area contributed by atoms with Gasteiger partial charge in [0, 0.05) is 18.7 Å². The van der Waals surface area contributed by atoms with Crippen molar-refractivity contribution in [2.45, 2.75) is 44.2 Å². The molecule has 0 radical (unpaired) electrons. The van der Waals surface area contributed by atoms with Crippen LogP contribution < -0.4 is 9.62 Å². The number of hydrogen-bond donors (Lipinski definition) is 1. The second kappa shape index (κ2) is 13.5. The highest BCUT2D eigenvalue weighted by atomic mass is 35.5. The second-order valence-corrected chi connectivity index (χ2v) is 11.1. The van der Waals surface area contributed by atoms with E-state index in [0.717, 1.165) is 34.2 Å². The molecule has 7 nitrogen and oxygen atoms in total. The first kappa shape index (κ1) is 30.0. The van der Waals surface area contributed by atoms with Crippen molar-refractivity contribution in [3.63, 3.8) is 0 Å². The number of carbonyl (C=O) groups excluding carboxylic acids is 2. The number of anilines is 1. The highest BCUT2D eigenvalue weighted by Gasteiger charge is 2.33. The number of sulfonamides is 1. The molecule has 2 amide bonds. The Morgan fingerprint density at radius 2 is 1.64 bits per heavy atom. The smallest absolute Gasteiger partial charge is 0.264 e. The van der Waals surface area contributed by atoms with Gasteiger partial charge in [-0.25, -0.2) is 17.2 Å². The largest absolute Gasteiger partial charge is 0.354 e. The molecule has 3 aromatic rings. The molecule has 0 aliphatic rings. The van der Waals surface area contributed by atoms with Gasteiger partial charge in [0.2, 0.25) is 11.8 Å². The van der Waals surface area contributed by atoms with Crippen molar-refractivity contribution in [3.05, 3.63) is 95.0 Å². The Bertz CT molecular complexity index is 1410. The van der Waals surface area contributed by atoms with Gasteiger partial charge in [-0.15, -0.1) is 0 Å². The van der Waals surface area contributed by atoms with Crippen LogP contribution in [0.5, 0.6) is 0 Å². The molecule has 3 aromatic carbocycles. The monoisotopic (exact) mass is 577 g/mol. The molecule has 0 saturated heterocycles. The lowest BCUT2D eigenvalue weighted by atomic mass is 10.1. The summed E-state index contributed by atoms with van der Waals surface area (Å²) >= 11 is 5.94. The first-order valence-electron chi connectivity index (χ1n) is 12.4. The summed E-state index contributed by atoms with van der Waals surface area (Å²) in [4.78, 5) is 27.7. The minimum absolute atomic E-state index is 0.0514. The Hall–Kier alpha value is -3.50. The lowest BCUT2D eigenvalue weighted by Crippen LogP contribution is -2.51. The molecule has 0 aliphatic heterocycles. The van der Waals surface area contributed by atoms with Crippen LogP contribution in [0.3, 0.4) is 0 Å². The standard InChI is InChI=1S/C28H30ClF2N3O4S/c1-3-4-16-32-28(36)20(2)33(18-21-10-8-9-13-25(21)30)27(35)19-34(22-14-15-26(31)24(29)17-22)39(37,38)23-11-6-5-7-12-23/h5-15,17,20H,3-4,16,18-19H2,1-2H3,(H,32,36)/t20-/m1/s1. The molecule has 1 N–H and O–H groups in total. The molecule has 0 saturated carbocycles. The molecule has 0 aromatic heterocycles. The minimum Gasteiger partial charge on any atom is -0.354 e. The third-order valence-electron chi connectivity index (χ3n) is 6.10. The first-order chi connectivity index (χ1) is 18.6. The Morgan fingerprint density at radius 3 is 2.28 bits per heavy atom. The molecular formula is C28H30ClF2N3O4S. The third-order valence-corrected chi connectivity index (χ3v) is 8.17. The predicted octanol–water partition coefficient (Wildman–Crippen LogP) is 5.15. The van der Waals surface area contributed by atoms with Gasteiger partial charge in [-0.2, -0.15) is 0 Å². The Balaban J connectivity index is 2.02. The van der Waals surface area contributed by atoms with Crippen LogP contribution in [0.1, 0.15) is 32.3 Å². The van der Waals surface area contributed by atoms with Gasteiger partial charge in [-0.3, -0.25) is 13.9 Å². The van der Waals surface area contributed by atoms with Crippen LogP contribution in [0.15, 0.2) is 77.7 Å². The number of carbonyl (C=O) groups is 2. The summed E-state index contributed by atoms with van der Waals surface area (Å²) in [5.74, 6) is -2.57. The van der Waals surface area contributed by atoms with Crippen molar-refractivity contribution in [1.82, 2.24) is 10.2 Å². The van der Waals surface area contributed by atoms with Gasteiger partial charge in [0.1, 0.15) is 24.2 Å². The fourth-order valence-electron chi connectivity index (χ4n) is 3.82. The van der Waals surface area contributed by atoms with Gasteiger partial charge in [-0.05, 0) is 49.7 Å². The van der Waals surface area contributed by atoms with E-state index >= 15 is 0 Å². The summed E-state index contributed by atoms with van der Waals surface area (Å²) in [7, 11) is -4.33. The van der Waals surface area contributed by atoms with Crippen molar-refractivity contribution in [3.8, 4) is 0 Å². The van der Waals surface area contributed by atoms with Crippen LogP contribution >= 0.6 is 11.6 Å². The maximum Gasteiger partial charge on any atom is 0.264 e. The van der Waals surface area contributed by atoms with E-state index in [2.05, 4.69) is 5.32 Å². The van der Waals surface area contributed by atoms with Gasteiger partial charge in [0.05, 0.1) is 15.6 Å². The quantitative estimate of drug-likeness (QED) is 0.302. The number of amides is 2. The molecule has 3 rings (SSSR count). The predicted molar refractivity (Wildman–Crippen MR) is 147 cm³/mol. The molecule has 0 aliphatic carbocycles. The van der Waals surface area contributed by atoms with E-state index in [1.807, 2.05) is 6.92 Å². The van der Waals surface area contributed by atoms with Gasteiger partial charge in [0.15, 0.2) is 0 Å². The second-order valence-electron chi connectivity index (χ2n) is 8.86. The summed E-state index contributed by atoms with van der Waals surface area (Å²) in [6.45, 7) is 2.82. The highest BCUT2D eigenvalue weighted by molar-refractivity contribution is 7.92. The maximum atomic E-state index is 14.6. The highest BCUT2D eigenvalue weighted by Crippen LogP contribution is 2.28. The Labute approximate surface area is 232 Å². The van der Waals surface area contributed by atoms with E-state index in [1.54, 1.807) is 12.1 Å². The molecule has 39 heavy (non-hydrogen) atoms. The number of halogens is 3. The number of benzene rings is 3. The van der Waals surface area contributed by atoms with Crippen molar-refractivity contribution in [2.75, 3.05) is 17.4 Å². The van der Waals surface area contributed by atoms with E-state index < -0.39 is 46.1 Å². The topological polar surface area (TPSA) is 86.8 Å². The molecule has 208 valence electrons. The van der Waals surface area contributed by atoms with Crippen molar-refractivity contribution in [1.29, 1.82) is 0 Å². The van der Waals surface area contributed by atoms with E-state index in [1.165, 1.54) is 55.5 Å². The molecule has 1 atom stereocenters. The number of hydrogen-bond acceptors (Lipinski definition) is 4. The molecule has 11 heteroatoms. The van der Waals surface area contributed by atoms with Gasteiger partial charge < -0.3 is 10.2 Å². The van der Waals surface area contributed by atoms with Crippen LogP contribution in [0, 0.1) is 11.6 Å². The van der Waals surface area contributed by atoms with Crippen molar-refractivity contribution < 1.29 is 26.8 Å². The third kappa shape index (κ3) is 7.54. The molecule has 0 spiro atoms. The summed E-state index contributed by atoms with van der Waals surface area (Å²) in [5.41, 5.74) is 0.103. The zero-order chi connectivity index (χ0) is 28.6. The van der Waals surface area contributed by atoms with Gasteiger partial charge in [-0.1, -0.05) is 61.3 Å². The van der Waals surface area contributed by atoms with Gasteiger partial charge in [0.25, 0.3) is 10.0 Å². The summed E-state index contributed by atoms with van der Waals surface area (Å²) < 4.78 is 56.6. The minimum atomic E-state index is -4.33. The number of unbranched alkanes of at least 4 members (excludes halogenated alkanes) is 1. The Kier molecular flexibility index (Phi) is 10.4. The number of nitrogens with zero attached hydrogens (tertiary/aromatic N) is 2.